The van der Waals surface area contributed by atoms with Crippen LogP contribution in [-0.4, -0.2) is 55.6 Å². The number of sulfonamides is 1. The summed E-state index contributed by atoms with van der Waals surface area (Å²) in [7, 11) is -3.61. The summed E-state index contributed by atoms with van der Waals surface area (Å²) in [5.41, 5.74) is -2.86. The molecule has 11 nitrogen and oxygen atoms in total. The minimum Gasteiger partial charge on any atom is -0.480 e. The van der Waals surface area contributed by atoms with Crippen molar-refractivity contribution in [2.24, 2.45) is 0 Å². The molecule has 0 atom stereocenters. The molecule has 210 valence electrons. The van der Waals surface area contributed by atoms with E-state index in [0.717, 1.165) is 19.2 Å². The Morgan fingerprint density at radius 2 is 1.75 bits per heavy atom. The van der Waals surface area contributed by atoms with Gasteiger partial charge in [-0.15, -0.1) is 0 Å². The summed E-state index contributed by atoms with van der Waals surface area (Å²) in [5, 5.41) is 11.1. The Labute approximate surface area is 224 Å². The third-order valence-corrected chi connectivity index (χ3v) is 6.91. The van der Waals surface area contributed by atoms with Gasteiger partial charge >= 0.3 is 0 Å². The topological polar surface area (TPSA) is 155 Å². The molecule has 0 saturated carbocycles. The fraction of sp³-hybridized carbons (Fsp3) is 0.167. The Morgan fingerprint density at radius 3 is 2.45 bits per heavy atom. The molecule has 0 aliphatic rings. The summed E-state index contributed by atoms with van der Waals surface area (Å²) in [5.74, 6) is -6.36. The van der Waals surface area contributed by atoms with Crippen molar-refractivity contribution in [3.05, 3.63) is 65.5 Å². The number of halogens is 4. The van der Waals surface area contributed by atoms with Crippen molar-refractivity contribution < 1.29 is 40.3 Å². The molecular formula is C24H20F4N6O5S. The molecule has 4 rings (SSSR count). The fourth-order valence-electron chi connectivity index (χ4n) is 3.75. The summed E-state index contributed by atoms with van der Waals surface area (Å²) in [6, 6.07) is 4.27. The summed E-state index contributed by atoms with van der Waals surface area (Å²) in [4.78, 5) is 26.1. The molecule has 0 unspecified atom stereocenters. The predicted octanol–water partition coefficient (Wildman–Crippen LogP) is 2.86. The second kappa shape index (κ2) is 11.2. The number of hydrogen-bond acceptors (Lipinski definition) is 7. The number of benzene rings is 2. The van der Waals surface area contributed by atoms with Gasteiger partial charge < -0.3 is 15.4 Å². The van der Waals surface area contributed by atoms with Crippen molar-refractivity contribution in [2.75, 3.05) is 24.9 Å². The van der Waals surface area contributed by atoms with Crippen molar-refractivity contribution >= 4 is 38.4 Å². The van der Waals surface area contributed by atoms with Gasteiger partial charge in [0, 0.05) is 37.0 Å². The van der Waals surface area contributed by atoms with E-state index in [1.807, 2.05) is 4.72 Å². The highest BCUT2D eigenvalue weighted by atomic mass is 32.2. The normalized spacial score (nSPS) is 11.3. The number of carbonyl (C=O) groups excluding carboxylic acids is 2. The molecule has 0 bridgehead atoms. The van der Waals surface area contributed by atoms with Crippen molar-refractivity contribution in [3.63, 3.8) is 0 Å². The number of H-pyrrole nitrogens is 1. The van der Waals surface area contributed by atoms with Crippen LogP contribution in [0.5, 0.6) is 5.88 Å². The molecule has 40 heavy (non-hydrogen) atoms. The van der Waals surface area contributed by atoms with Gasteiger partial charge in [-0.3, -0.25) is 19.4 Å². The lowest BCUT2D eigenvalue weighted by molar-refractivity contribution is -0.118. The highest BCUT2D eigenvalue weighted by Crippen LogP contribution is 2.36. The van der Waals surface area contributed by atoms with Gasteiger partial charge in [0.1, 0.15) is 22.8 Å². The second-order valence-electron chi connectivity index (χ2n) is 8.21. The summed E-state index contributed by atoms with van der Waals surface area (Å²) in [6.45, 7) is 1.52. The van der Waals surface area contributed by atoms with E-state index in [2.05, 4.69) is 25.8 Å². The van der Waals surface area contributed by atoms with Crippen LogP contribution in [0.4, 0.5) is 23.2 Å². The molecule has 0 saturated heterocycles. The number of aromatic amines is 1. The van der Waals surface area contributed by atoms with Crippen LogP contribution < -0.4 is 20.1 Å². The Morgan fingerprint density at radius 1 is 1.02 bits per heavy atom. The van der Waals surface area contributed by atoms with Crippen LogP contribution in [0.1, 0.15) is 17.4 Å². The van der Waals surface area contributed by atoms with E-state index in [0.29, 0.717) is 18.3 Å². The van der Waals surface area contributed by atoms with E-state index in [4.69, 9.17) is 4.74 Å². The molecule has 4 aromatic rings. The number of nitrogens with one attached hydrogen (secondary N) is 4. The van der Waals surface area contributed by atoms with E-state index in [1.165, 1.54) is 13.0 Å². The van der Waals surface area contributed by atoms with Crippen LogP contribution in [0, 0.1) is 23.3 Å². The molecule has 2 heterocycles. The number of anilines is 1. The molecule has 0 spiro atoms. The Bertz CT molecular complexity index is 1750. The SMILES string of the molecule is COc1ncc(F)cc1S(=O)(=O)Nc1ccc(F)c(-c2ccc3c(C(=O)NCCNC(C)=O)[nH]nc3c2F)c1F. The Hall–Kier alpha value is -4.73. The lowest BCUT2D eigenvalue weighted by atomic mass is 10.0. The number of hydrogen-bond donors (Lipinski definition) is 4. The van der Waals surface area contributed by atoms with Crippen molar-refractivity contribution in [2.45, 2.75) is 11.8 Å². The third-order valence-electron chi connectivity index (χ3n) is 5.55. The van der Waals surface area contributed by atoms with E-state index >= 15 is 8.78 Å². The Kier molecular flexibility index (Phi) is 7.90. The van der Waals surface area contributed by atoms with Crippen LogP contribution in [0.3, 0.4) is 0 Å². The summed E-state index contributed by atoms with van der Waals surface area (Å²) < 4.78 is 91.8. The number of fused-ring (bicyclic) bond motifs is 1. The number of carbonyl (C=O) groups is 2. The molecule has 2 aromatic heterocycles. The fourth-order valence-corrected chi connectivity index (χ4v) is 4.94. The molecular weight excluding hydrogens is 560 g/mol. The lowest BCUT2D eigenvalue weighted by Crippen LogP contribution is -2.33. The molecule has 4 N–H and O–H groups in total. The monoisotopic (exact) mass is 580 g/mol. The number of pyridine rings is 1. The maximum atomic E-state index is 15.5. The van der Waals surface area contributed by atoms with E-state index in [1.54, 1.807) is 0 Å². The first-order valence-corrected chi connectivity index (χ1v) is 12.8. The number of ether oxygens (including phenoxy) is 1. The van der Waals surface area contributed by atoms with Gasteiger partial charge in [-0.05, 0) is 18.2 Å². The standard InChI is InChI=1S/C24H20F4N6O5S/c1-11(35)29-7-8-30-23(36)22-14-4-3-13(19(27)21(14)32-33-22)18-15(26)5-6-16(20(18)28)34-40(37,38)17-9-12(25)10-31-24(17)39-2/h3-6,9-10,34H,7-8H2,1-2H3,(H,29,35)(H,30,36)(H,32,33). The van der Waals surface area contributed by atoms with Crippen LogP contribution in [-0.2, 0) is 14.8 Å². The molecule has 0 aliphatic carbocycles. The minimum atomic E-state index is -4.70. The van der Waals surface area contributed by atoms with Gasteiger partial charge in [-0.1, -0.05) is 6.07 Å². The first-order chi connectivity index (χ1) is 18.9. The quantitative estimate of drug-likeness (QED) is 0.175. The van der Waals surface area contributed by atoms with Crippen molar-refractivity contribution in [3.8, 4) is 17.0 Å². The zero-order valence-electron chi connectivity index (χ0n) is 20.7. The van der Waals surface area contributed by atoms with Gasteiger partial charge in [0.15, 0.2) is 16.5 Å². The highest BCUT2D eigenvalue weighted by Gasteiger charge is 2.27. The maximum absolute atomic E-state index is 15.5. The van der Waals surface area contributed by atoms with E-state index < -0.39 is 72.3 Å². The van der Waals surface area contributed by atoms with Crippen LogP contribution in [0.25, 0.3) is 22.0 Å². The maximum Gasteiger partial charge on any atom is 0.270 e. The highest BCUT2D eigenvalue weighted by molar-refractivity contribution is 7.92. The molecule has 16 heteroatoms. The van der Waals surface area contributed by atoms with E-state index in [-0.39, 0.29) is 30.1 Å². The Balaban J connectivity index is 1.69. The van der Waals surface area contributed by atoms with Gasteiger partial charge in [0.25, 0.3) is 15.9 Å². The summed E-state index contributed by atoms with van der Waals surface area (Å²) >= 11 is 0. The number of nitrogens with zero attached hydrogens (tertiary/aromatic N) is 2. The van der Waals surface area contributed by atoms with Crippen molar-refractivity contribution in [1.82, 2.24) is 25.8 Å². The van der Waals surface area contributed by atoms with Crippen molar-refractivity contribution in [1.29, 1.82) is 0 Å². The van der Waals surface area contributed by atoms with Gasteiger partial charge in [-0.2, -0.15) is 5.10 Å². The number of methoxy groups -OCH3 is 1. The minimum absolute atomic E-state index is 0.00153. The summed E-state index contributed by atoms with van der Waals surface area (Å²) in [6.07, 6.45) is 0.712. The molecule has 0 aliphatic heterocycles. The van der Waals surface area contributed by atoms with Crippen LogP contribution in [0.2, 0.25) is 0 Å². The molecule has 2 amide bonds. The third kappa shape index (κ3) is 5.51. The van der Waals surface area contributed by atoms with Gasteiger partial charge in [-0.25, -0.2) is 31.0 Å². The number of rotatable bonds is 9. The van der Waals surface area contributed by atoms with Crippen LogP contribution in [0.15, 0.2) is 41.4 Å². The average molecular weight is 581 g/mol. The molecule has 0 fully saturated rings. The largest absolute Gasteiger partial charge is 0.480 e. The van der Waals surface area contributed by atoms with E-state index in [9.17, 15) is 26.8 Å². The smallest absolute Gasteiger partial charge is 0.270 e. The number of amides is 2. The first kappa shape index (κ1) is 28.3. The van der Waals surface area contributed by atoms with Gasteiger partial charge in [0.05, 0.1) is 24.6 Å². The molecule has 0 radical (unpaired) electrons. The average Bonchev–Trinajstić information content (AvgIpc) is 3.34. The lowest BCUT2D eigenvalue weighted by Gasteiger charge is -2.14. The predicted molar refractivity (Wildman–Crippen MR) is 134 cm³/mol. The zero-order chi connectivity index (χ0) is 29.2. The van der Waals surface area contributed by atoms with Crippen LogP contribution >= 0.6 is 0 Å². The second-order valence-corrected chi connectivity index (χ2v) is 9.86. The van der Waals surface area contributed by atoms with Gasteiger partial charge in [0.2, 0.25) is 11.8 Å². The molecule has 2 aromatic carbocycles. The zero-order valence-corrected chi connectivity index (χ0v) is 21.6. The number of aromatic nitrogens is 3. The first-order valence-electron chi connectivity index (χ1n) is 11.3.